The van der Waals surface area contributed by atoms with Crippen molar-refractivity contribution in [1.82, 2.24) is 9.55 Å². The zero-order valence-corrected chi connectivity index (χ0v) is 17.4. The number of Topliss-reactive ketones (excluding diaryl/α,β-unsaturated/α-hetero) is 1. The predicted molar refractivity (Wildman–Crippen MR) is 120 cm³/mol. The summed E-state index contributed by atoms with van der Waals surface area (Å²) in [6.45, 7) is 4.50. The Morgan fingerprint density at radius 3 is 2.70 bits per heavy atom. The lowest BCUT2D eigenvalue weighted by molar-refractivity contribution is 0.0975. The van der Waals surface area contributed by atoms with Gasteiger partial charge in [0.05, 0.1) is 18.8 Å². The van der Waals surface area contributed by atoms with Crippen molar-refractivity contribution >= 4 is 27.5 Å². The second-order valence-electron chi connectivity index (χ2n) is 7.51. The van der Waals surface area contributed by atoms with Gasteiger partial charge in [-0.05, 0) is 48.1 Å². The summed E-state index contributed by atoms with van der Waals surface area (Å²) in [6, 6.07) is 15.1. The molecule has 5 nitrogen and oxygen atoms in total. The minimum atomic E-state index is -0.0940. The summed E-state index contributed by atoms with van der Waals surface area (Å²) in [5, 5.41) is 2.38. The maximum absolute atomic E-state index is 13.1. The van der Waals surface area contributed by atoms with Crippen molar-refractivity contribution < 1.29 is 9.53 Å². The molecule has 152 valence electrons. The molecule has 4 rings (SSSR count). The lowest BCUT2D eigenvalue weighted by Gasteiger charge is -2.14. The second-order valence-corrected chi connectivity index (χ2v) is 7.51. The number of ketones is 1. The number of carbonyl (C=O) groups is 1. The van der Waals surface area contributed by atoms with Gasteiger partial charge in [0.15, 0.2) is 5.78 Å². The van der Waals surface area contributed by atoms with Crippen LogP contribution < -0.4 is 10.3 Å². The maximum Gasteiger partial charge on any atom is 0.258 e. The topological polar surface area (TPSA) is 61.2 Å². The van der Waals surface area contributed by atoms with Gasteiger partial charge in [-0.15, -0.1) is 0 Å². The molecule has 0 fully saturated rings. The monoisotopic (exact) mass is 400 g/mol. The van der Waals surface area contributed by atoms with Crippen LogP contribution in [0.4, 0.5) is 0 Å². The minimum absolute atomic E-state index is 0.0180. The molecule has 0 amide bonds. The van der Waals surface area contributed by atoms with E-state index in [9.17, 15) is 9.59 Å². The van der Waals surface area contributed by atoms with E-state index in [1.807, 2.05) is 56.3 Å². The third-order valence-electron chi connectivity index (χ3n) is 5.67. The molecule has 0 radical (unpaired) electrons. The van der Waals surface area contributed by atoms with Crippen LogP contribution in [0.15, 0.2) is 65.7 Å². The number of rotatable bonds is 6. The summed E-state index contributed by atoms with van der Waals surface area (Å²) in [6.07, 6.45) is 3.80. The lowest BCUT2D eigenvalue weighted by Crippen LogP contribution is -2.20. The van der Waals surface area contributed by atoms with Gasteiger partial charge >= 0.3 is 0 Å². The van der Waals surface area contributed by atoms with E-state index >= 15 is 0 Å². The first-order valence-corrected chi connectivity index (χ1v) is 10.1. The number of ether oxygens (including phenoxy) is 1. The van der Waals surface area contributed by atoms with Crippen molar-refractivity contribution in [2.24, 2.45) is 0 Å². The van der Waals surface area contributed by atoms with Gasteiger partial charge in [0, 0.05) is 35.5 Å². The zero-order chi connectivity index (χ0) is 21.3. The number of aromatic nitrogens is 2. The third kappa shape index (κ3) is 3.47. The van der Waals surface area contributed by atoms with E-state index in [2.05, 4.69) is 4.98 Å². The first kappa shape index (κ1) is 19.8. The minimum Gasteiger partial charge on any atom is -0.497 e. The normalized spacial score (nSPS) is 12.2. The van der Waals surface area contributed by atoms with E-state index < -0.39 is 0 Å². The van der Waals surface area contributed by atoms with Crippen LogP contribution in [-0.2, 0) is 6.54 Å². The van der Waals surface area contributed by atoms with Gasteiger partial charge < -0.3 is 9.30 Å². The van der Waals surface area contributed by atoms with Crippen molar-refractivity contribution in [3.05, 3.63) is 82.4 Å². The van der Waals surface area contributed by atoms with Crippen LogP contribution in [0.2, 0.25) is 0 Å². The fourth-order valence-corrected chi connectivity index (χ4v) is 3.99. The van der Waals surface area contributed by atoms with E-state index in [0.717, 1.165) is 27.6 Å². The number of benzene rings is 2. The molecule has 0 aliphatic heterocycles. The molecule has 0 saturated carbocycles. The summed E-state index contributed by atoms with van der Waals surface area (Å²) < 4.78 is 6.99. The summed E-state index contributed by atoms with van der Waals surface area (Å²) in [5.74, 6) is 0.835. The molecule has 0 spiro atoms. The number of carbonyl (C=O) groups excluding carboxylic acids is 1. The van der Waals surface area contributed by atoms with Crippen LogP contribution in [0.25, 0.3) is 21.7 Å². The molecule has 2 aromatic heterocycles. The highest BCUT2D eigenvalue weighted by Crippen LogP contribution is 2.27. The Morgan fingerprint density at radius 2 is 1.93 bits per heavy atom. The highest BCUT2D eigenvalue weighted by atomic mass is 16.5. The second kappa shape index (κ2) is 8.11. The van der Waals surface area contributed by atoms with Crippen LogP contribution in [0, 0.1) is 0 Å². The molecule has 2 heterocycles. The molecule has 1 atom stereocenters. The Morgan fingerprint density at radius 1 is 1.10 bits per heavy atom. The number of fused-ring (bicyclic) bond motifs is 3. The number of hydrogen-bond donors (Lipinski definition) is 0. The van der Waals surface area contributed by atoms with Crippen LogP contribution >= 0.6 is 0 Å². The third-order valence-corrected chi connectivity index (χ3v) is 5.67. The molecule has 0 bridgehead atoms. The fourth-order valence-electron chi connectivity index (χ4n) is 3.99. The predicted octanol–water partition coefficient (Wildman–Crippen LogP) is 4.95. The molecule has 0 unspecified atom stereocenters. The number of nitrogens with zero attached hydrogens (tertiary/aromatic N) is 2. The maximum atomic E-state index is 13.1. The van der Waals surface area contributed by atoms with E-state index in [-0.39, 0.29) is 17.3 Å². The average molecular weight is 400 g/mol. The number of aryl methyl sites for hydroxylation is 1. The van der Waals surface area contributed by atoms with Crippen molar-refractivity contribution in [3.8, 4) is 5.75 Å². The summed E-state index contributed by atoms with van der Waals surface area (Å²) >= 11 is 0. The summed E-state index contributed by atoms with van der Waals surface area (Å²) in [5.41, 5.74) is 2.33. The van der Waals surface area contributed by atoms with Crippen LogP contribution in [-0.4, -0.2) is 22.4 Å². The quantitative estimate of drug-likeness (QED) is 0.339. The molecule has 30 heavy (non-hydrogen) atoms. The molecule has 5 heteroatoms. The smallest absolute Gasteiger partial charge is 0.258 e. The number of hydrogen-bond acceptors (Lipinski definition) is 4. The van der Waals surface area contributed by atoms with Gasteiger partial charge in [0.2, 0.25) is 0 Å². The van der Waals surface area contributed by atoms with Gasteiger partial charge in [0.25, 0.3) is 5.56 Å². The Labute approximate surface area is 174 Å². The molecular weight excluding hydrogens is 376 g/mol. The first-order valence-electron chi connectivity index (χ1n) is 10.1. The lowest BCUT2D eigenvalue weighted by atomic mass is 9.92. The van der Waals surface area contributed by atoms with E-state index in [0.29, 0.717) is 23.9 Å². The van der Waals surface area contributed by atoms with Crippen molar-refractivity contribution in [2.75, 3.05) is 7.11 Å². The zero-order valence-electron chi connectivity index (χ0n) is 17.4. The van der Waals surface area contributed by atoms with E-state index in [1.165, 1.54) is 0 Å². The van der Waals surface area contributed by atoms with Gasteiger partial charge in [-0.2, -0.15) is 0 Å². The van der Waals surface area contributed by atoms with Gasteiger partial charge in [-0.25, -0.2) is 0 Å². The number of methoxy groups -OCH3 is 1. The Bertz CT molecular complexity index is 1310. The molecule has 4 aromatic rings. The molecule has 2 aromatic carbocycles. The SMILES string of the molecule is CCn1c(=O)c2cc(C(=O)C[C@H](C)c3cccc(OC)c3)ccc2c2ccncc21. The van der Waals surface area contributed by atoms with Crippen molar-refractivity contribution in [3.63, 3.8) is 0 Å². The Hall–Kier alpha value is -3.47. The summed E-state index contributed by atoms with van der Waals surface area (Å²) in [7, 11) is 1.63. The standard InChI is InChI=1S/C25H24N2O3/c1-4-27-23-15-26-11-10-21(23)20-9-8-18(14-22(20)25(27)29)24(28)12-16(2)17-6-5-7-19(13-17)30-3/h5-11,13-16H,4,12H2,1-3H3/t16-/m0/s1. The molecule has 0 aliphatic carbocycles. The highest BCUT2D eigenvalue weighted by molar-refractivity contribution is 6.08. The Balaban J connectivity index is 1.72. The first-order chi connectivity index (χ1) is 14.5. The average Bonchev–Trinajstić information content (AvgIpc) is 2.79. The highest BCUT2D eigenvalue weighted by Gasteiger charge is 2.16. The fraction of sp³-hybridized carbons (Fsp3) is 0.240. The largest absolute Gasteiger partial charge is 0.497 e. The molecular formula is C25H24N2O3. The van der Waals surface area contributed by atoms with E-state index in [4.69, 9.17) is 4.74 Å². The van der Waals surface area contributed by atoms with Gasteiger partial charge in [0.1, 0.15) is 5.75 Å². The summed E-state index contributed by atoms with van der Waals surface area (Å²) in [4.78, 5) is 30.2. The van der Waals surface area contributed by atoms with E-state index in [1.54, 1.807) is 30.1 Å². The van der Waals surface area contributed by atoms with Gasteiger partial charge in [-0.3, -0.25) is 14.6 Å². The Kier molecular flexibility index (Phi) is 5.36. The van der Waals surface area contributed by atoms with Gasteiger partial charge in [-0.1, -0.05) is 31.2 Å². The van der Waals surface area contributed by atoms with Crippen LogP contribution in [0.5, 0.6) is 5.75 Å². The van der Waals surface area contributed by atoms with Crippen molar-refractivity contribution in [1.29, 1.82) is 0 Å². The van der Waals surface area contributed by atoms with Crippen LogP contribution in [0.1, 0.15) is 42.1 Å². The van der Waals surface area contributed by atoms with Crippen molar-refractivity contribution in [2.45, 2.75) is 32.7 Å². The number of pyridine rings is 2. The molecule has 0 aliphatic rings. The molecule has 0 saturated heterocycles. The van der Waals surface area contributed by atoms with Crippen LogP contribution in [0.3, 0.4) is 0 Å². The molecule has 0 N–H and O–H groups in total.